The summed E-state index contributed by atoms with van der Waals surface area (Å²) in [5.74, 6) is -0.955. The van der Waals surface area contributed by atoms with Crippen LogP contribution in [0.2, 0.25) is 0 Å². The number of nitrogens with zero attached hydrogens (tertiary/aromatic N) is 3. The van der Waals surface area contributed by atoms with Crippen molar-refractivity contribution in [1.29, 1.82) is 5.26 Å². The number of nitriles is 1. The fourth-order valence-corrected chi connectivity index (χ4v) is 3.62. The molecule has 0 N–H and O–H groups in total. The molecule has 0 fully saturated rings. The molecule has 0 radical (unpaired) electrons. The van der Waals surface area contributed by atoms with Gasteiger partial charge >= 0.3 is 5.97 Å². The van der Waals surface area contributed by atoms with Crippen molar-refractivity contribution in [1.82, 2.24) is 9.13 Å². The summed E-state index contributed by atoms with van der Waals surface area (Å²) >= 11 is 0. The minimum absolute atomic E-state index is 0.0415. The lowest BCUT2D eigenvalue weighted by Crippen LogP contribution is -2.27. The molecule has 3 rings (SSSR count). The van der Waals surface area contributed by atoms with Crippen LogP contribution in [0.5, 0.6) is 0 Å². The number of hydrogen-bond donors (Lipinski definition) is 0. The summed E-state index contributed by atoms with van der Waals surface area (Å²) in [6.07, 6.45) is 2.08. The number of ether oxygens (including phenoxy) is 1. The second kappa shape index (κ2) is 9.26. The van der Waals surface area contributed by atoms with Gasteiger partial charge in [-0.15, -0.1) is 0 Å². The average molecular weight is 417 g/mol. The number of Topliss-reactive ketones (excluding diaryl/α,β-unsaturated/α-hetero) is 1. The van der Waals surface area contributed by atoms with E-state index in [2.05, 4.69) is 21.4 Å². The highest BCUT2D eigenvalue weighted by Crippen LogP contribution is 2.18. The molecule has 0 spiro atoms. The van der Waals surface area contributed by atoms with E-state index in [9.17, 15) is 19.6 Å². The Morgan fingerprint density at radius 3 is 2.48 bits per heavy atom. The Labute approximate surface area is 180 Å². The summed E-state index contributed by atoms with van der Waals surface area (Å²) in [5.41, 5.74) is 2.68. The predicted molar refractivity (Wildman–Crippen MR) is 115 cm³/mol. The molecule has 0 atom stereocenters. The summed E-state index contributed by atoms with van der Waals surface area (Å²) < 4.78 is 7.83. The average Bonchev–Trinajstić information content (AvgIpc) is 3.07. The summed E-state index contributed by atoms with van der Waals surface area (Å²) in [6.45, 7) is 4.26. The van der Waals surface area contributed by atoms with E-state index in [0.29, 0.717) is 5.56 Å². The maximum absolute atomic E-state index is 13.0. The first-order valence-corrected chi connectivity index (χ1v) is 9.82. The van der Waals surface area contributed by atoms with Crippen LogP contribution in [0.1, 0.15) is 43.2 Å². The number of carbonyl (C=O) groups excluding carboxylic acids is 2. The molecule has 0 amide bonds. The Morgan fingerprint density at radius 1 is 1.13 bits per heavy atom. The zero-order valence-electron chi connectivity index (χ0n) is 17.7. The maximum Gasteiger partial charge on any atom is 0.339 e. The monoisotopic (exact) mass is 417 g/mol. The minimum Gasteiger partial charge on any atom is -0.465 e. The maximum atomic E-state index is 13.0. The number of esters is 1. The van der Waals surface area contributed by atoms with E-state index in [4.69, 9.17) is 0 Å². The van der Waals surface area contributed by atoms with Crippen LogP contribution in [0.4, 0.5) is 0 Å². The third kappa shape index (κ3) is 4.64. The van der Waals surface area contributed by atoms with Crippen LogP contribution in [0.3, 0.4) is 0 Å². The molecule has 0 unspecified atom stereocenters. The Hall–Kier alpha value is -3.92. The quantitative estimate of drug-likeness (QED) is 0.435. The van der Waals surface area contributed by atoms with E-state index in [1.807, 2.05) is 38.1 Å². The Morgan fingerprint density at radius 2 is 1.84 bits per heavy atom. The first-order valence-electron chi connectivity index (χ1n) is 9.82. The molecular formula is C24H23N3O4. The van der Waals surface area contributed by atoms with Crippen LogP contribution in [0.15, 0.2) is 53.5 Å². The van der Waals surface area contributed by atoms with E-state index in [1.165, 1.54) is 24.9 Å². The van der Waals surface area contributed by atoms with Crippen LogP contribution >= 0.6 is 0 Å². The smallest absolute Gasteiger partial charge is 0.339 e. The molecule has 1 aromatic carbocycles. The van der Waals surface area contributed by atoms with Crippen LogP contribution in [-0.2, 0) is 24.2 Å². The van der Waals surface area contributed by atoms with Crippen molar-refractivity contribution in [3.8, 4) is 6.07 Å². The summed E-state index contributed by atoms with van der Waals surface area (Å²) in [5, 5.41) is 9.21. The number of hydrogen-bond acceptors (Lipinski definition) is 5. The first-order chi connectivity index (χ1) is 14.8. The molecule has 0 aliphatic rings. The van der Waals surface area contributed by atoms with E-state index in [1.54, 1.807) is 6.07 Å². The highest BCUT2D eigenvalue weighted by Gasteiger charge is 2.19. The molecule has 3 aromatic rings. The van der Waals surface area contributed by atoms with Gasteiger partial charge in [-0.05, 0) is 38.0 Å². The predicted octanol–water partition coefficient (Wildman–Crippen LogP) is 3.05. The van der Waals surface area contributed by atoms with Gasteiger partial charge in [-0.25, -0.2) is 4.79 Å². The number of methoxy groups -OCH3 is 1. The molecule has 158 valence electrons. The van der Waals surface area contributed by atoms with E-state index in [-0.39, 0.29) is 23.5 Å². The standard InChI is InChI=1S/C24H23N3O4/c1-16-11-21(17(2)27(16)10-9-18-7-5-4-6-8-18)22(28)15-26-14-20(24(30)31-3)12-19(13-25)23(26)29/h4-8,11-12,14H,9-10,15H2,1-3H3. The highest BCUT2D eigenvalue weighted by atomic mass is 16.5. The molecule has 0 aliphatic carbocycles. The lowest BCUT2D eigenvalue weighted by molar-refractivity contribution is 0.0599. The molecule has 2 aromatic heterocycles. The summed E-state index contributed by atoms with van der Waals surface area (Å²) in [7, 11) is 1.21. The topological polar surface area (TPSA) is 94.1 Å². The number of pyridine rings is 1. The van der Waals surface area contributed by atoms with Gasteiger partial charge in [0, 0.05) is 29.7 Å². The highest BCUT2D eigenvalue weighted by molar-refractivity contribution is 5.97. The fraction of sp³-hybridized carbons (Fsp3) is 0.250. The lowest BCUT2D eigenvalue weighted by atomic mass is 10.1. The minimum atomic E-state index is -0.684. The SMILES string of the molecule is COC(=O)c1cc(C#N)c(=O)n(CC(=O)c2cc(C)n(CCc3ccccc3)c2C)c1. The Kier molecular flexibility index (Phi) is 6.51. The molecule has 7 nitrogen and oxygen atoms in total. The van der Waals surface area contributed by atoms with Gasteiger partial charge in [0.1, 0.15) is 11.6 Å². The van der Waals surface area contributed by atoms with Crippen molar-refractivity contribution in [2.45, 2.75) is 33.4 Å². The van der Waals surface area contributed by atoms with Crippen molar-refractivity contribution in [3.63, 3.8) is 0 Å². The number of aromatic nitrogens is 2. The Bertz CT molecular complexity index is 1230. The van der Waals surface area contributed by atoms with Crippen molar-refractivity contribution in [3.05, 3.63) is 92.7 Å². The van der Waals surface area contributed by atoms with Gasteiger partial charge in [-0.2, -0.15) is 5.26 Å². The van der Waals surface area contributed by atoms with E-state index >= 15 is 0 Å². The number of carbonyl (C=O) groups is 2. The van der Waals surface area contributed by atoms with Crippen molar-refractivity contribution in [2.24, 2.45) is 0 Å². The second-order valence-corrected chi connectivity index (χ2v) is 7.27. The molecule has 0 aliphatic heterocycles. The molecular weight excluding hydrogens is 394 g/mol. The zero-order valence-corrected chi connectivity index (χ0v) is 17.7. The number of aryl methyl sites for hydroxylation is 2. The summed E-state index contributed by atoms with van der Waals surface area (Å²) in [4.78, 5) is 37.3. The largest absolute Gasteiger partial charge is 0.465 e. The van der Waals surface area contributed by atoms with Gasteiger partial charge in [0.25, 0.3) is 5.56 Å². The molecule has 0 saturated carbocycles. The van der Waals surface area contributed by atoms with Crippen molar-refractivity contribution in [2.75, 3.05) is 7.11 Å². The molecule has 0 saturated heterocycles. The second-order valence-electron chi connectivity index (χ2n) is 7.27. The number of rotatable bonds is 7. The zero-order chi connectivity index (χ0) is 22.5. The third-order valence-electron chi connectivity index (χ3n) is 5.28. The molecule has 0 bridgehead atoms. The van der Waals surface area contributed by atoms with Gasteiger partial charge in [0.15, 0.2) is 5.78 Å². The van der Waals surface area contributed by atoms with Gasteiger partial charge in [0.2, 0.25) is 0 Å². The summed E-state index contributed by atoms with van der Waals surface area (Å²) in [6, 6.07) is 14.8. The molecule has 7 heteroatoms. The van der Waals surface area contributed by atoms with Crippen LogP contribution in [-0.4, -0.2) is 28.0 Å². The van der Waals surface area contributed by atoms with Gasteiger partial charge in [-0.1, -0.05) is 30.3 Å². The third-order valence-corrected chi connectivity index (χ3v) is 5.28. The van der Waals surface area contributed by atoms with Crippen LogP contribution in [0.25, 0.3) is 0 Å². The molecule has 31 heavy (non-hydrogen) atoms. The number of ketones is 1. The first kappa shape index (κ1) is 21.8. The van der Waals surface area contributed by atoms with Gasteiger partial charge in [-0.3, -0.25) is 9.59 Å². The van der Waals surface area contributed by atoms with Gasteiger partial charge < -0.3 is 13.9 Å². The Balaban J connectivity index is 1.87. The van der Waals surface area contributed by atoms with E-state index in [0.717, 1.165) is 28.9 Å². The normalized spacial score (nSPS) is 10.5. The number of benzene rings is 1. The van der Waals surface area contributed by atoms with Crippen LogP contribution < -0.4 is 5.56 Å². The fourth-order valence-electron chi connectivity index (χ4n) is 3.62. The lowest BCUT2D eigenvalue weighted by Gasteiger charge is -2.11. The van der Waals surface area contributed by atoms with Crippen LogP contribution in [0, 0.1) is 25.2 Å². The van der Waals surface area contributed by atoms with E-state index < -0.39 is 11.5 Å². The van der Waals surface area contributed by atoms with Crippen molar-refractivity contribution < 1.29 is 14.3 Å². The van der Waals surface area contributed by atoms with Gasteiger partial charge in [0.05, 0.1) is 19.2 Å². The van der Waals surface area contributed by atoms with Crippen molar-refractivity contribution >= 4 is 11.8 Å². The molecule has 2 heterocycles.